The van der Waals surface area contributed by atoms with E-state index in [9.17, 15) is 4.79 Å². The van der Waals surface area contributed by atoms with Crippen molar-refractivity contribution in [2.24, 2.45) is 0 Å². The molecule has 0 atom stereocenters. The van der Waals surface area contributed by atoms with E-state index in [0.717, 1.165) is 22.4 Å². The molecule has 0 spiro atoms. The van der Waals surface area contributed by atoms with Gasteiger partial charge in [0.2, 0.25) is 0 Å². The molecule has 0 saturated heterocycles. The molecule has 0 unspecified atom stereocenters. The highest BCUT2D eigenvalue weighted by Crippen LogP contribution is 2.20. The van der Waals surface area contributed by atoms with E-state index in [4.69, 9.17) is 9.26 Å². The highest BCUT2D eigenvalue weighted by molar-refractivity contribution is 5.90. The van der Waals surface area contributed by atoms with Crippen LogP contribution in [0.1, 0.15) is 27.4 Å². The van der Waals surface area contributed by atoms with E-state index in [0.29, 0.717) is 11.3 Å². The van der Waals surface area contributed by atoms with Gasteiger partial charge < -0.3 is 9.26 Å². The van der Waals surface area contributed by atoms with Crippen LogP contribution in [-0.4, -0.2) is 11.1 Å². The molecule has 23 heavy (non-hydrogen) atoms. The molecule has 116 valence electrons. The third kappa shape index (κ3) is 3.31. The van der Waals surface area contributed by atoms with E-state index >= 15 is 0 Å². The zero-order valence-electron chi connectivity index (χ0n) is 13.1. The normalized spacial score (nSPS) is 10.5. The molecule has 1 heterocycles. The Morgan fingerprint density at radius 1 is 1.00 bits per heavy atom. The van der Waals surface area contributed by atoms with Crippen LogP contribution in [0.25, 0.3) is 11.1 Å². The van der Waals surface area contributed by atoms with Crippen molar-refractivity contribution in [2.45, 2.75) is 20.5 Å². The van der Waals surface area contributed by atoms with Crippen molar-refractivity contribution in [2.75, 3.05) is 0 Å². The topological polar surface area (TPSA) is 52.3 Å². The Hall–Kier alpha value is -2.88. The van der Waals surface area contributed by atoms with Crippen LogP contribution in [0.5, 0.6) is 0 Å². The Balaban J connectivity index is 1.69. The van der Waals surface area contributed by atoms with Crippen LogP contribution < -0.4 is 0 Å². The summed E-state index contributed by atoms with van der Waals surface area (Å²) in [4.78, 5) is 12.1. The summed E-state index contributed by atoms with van der Waals surface area (Å²) in [5.74, 6) is 0.319. The van der Waals surface area contributed by atoms with Crippen molar-refractivity contribution in [3.63, 3.8) is 0 Å². The van der Waals surface area contributed by atoms with E-state index in [1.165, 1.54) is 0 Å². The molecular weight excluding hydrogens is 290 g/mol. The zero-order valence-corrected chi connectivity index (χ0v) is 13.1. The third-order valence-electron chi connectivity index (χ3n) is 3.76. The largest absolute Gasteiger partial charge is 0.457 e. The SMILES string of the molecule is Cc1noc(C)c1COC(=O)c1ccc(-c2ccccc2)cc1. The fourth-order valence-electron chi connectivity index (χ4n) is 2.36. The van der Waals surface area contributed by atoms with Gasteiger partial charge in [-0.1, -0.05) is 47.6 Å². The van der Waals surface area contributed by atoms with Gasteiger partial charge in [0.25, 0.3) is 0 Å². The maximum atomic E-state index is 12.1. The van der Waals surface area contributed by atoms with E-state index < -0.39 is 0 Å². The number of rotatable bonds is 4. The highest BCUT2D eigenvalue weighted by atomic mass is 16.5. The molecule has 2 aromatic carbocycles. The number of hydrogen-bond donors (Lipinski definition) is 0. The summed E-state index contributed by atoms with van der Waals surface area (Å²) in [7, 11) is 0. The van der Waals surface area contributed by atoms with Gasteiger partial charge in [0.15, 0.2) is 0 Å². The quantitative estimate of drug-likeness (QED) is 0.674. The molecule has 0 amide bonds. The first-order valence-corrected chi connectivity index (χ1v) is 7.39. The molecule has 0 N–H and O–H groups in total. The minimum absolute atomic E-state index is 0.167. The summed E-state index contributed by atoms with van der Waals surface area (Å²) in [5, 5.41) is 3.85. The zero-order chi connectivity index (χ0) is 16.2. The van der Waals surface area contributed by atoms with Crippen molar-refractivity contribution in [1.29, 1.82) is 0 Å². The van der Waals surface area contributed by atoms with Crippen molar-refractivity contribution in [3.8, 4) is 11.1 Å². The first kappa shape index (κ1) is 15.0. The van der Waals surface area contributed by atoms with Crippen LogP contribution >= 0.6 is 0 Å². The van der Waals surface area contributed by atoms with E-state index in [1.54, 1.807) is 19.1 Å². The van der Waals surface area contributed by atoms with E-state index in [1.807, 2.05) is 49.4 Å². The van der Waals surface area contributed by atoms with Gasteiger partial charge in [-0.3, -0.25) is 0 Å². The second kappa shape index (κ2) is 6.48. The third-order valence-corrected chi connectivity index (χ3v) is 3.76. The number of esters is 1. The number of ether oxygens (including phenoxy) is 1. The monoisotopic (exact) mass is 307 g/mol. The lowest BCUT2D eigenvalue weighted by Crippen LogP contribution is -2.06. The van der Waals surface area contributed by atoms with Crippen molar-refractivity contribution >= 4 is 5.97 Å². The Morgan fingerprint density at radius 3 is 2.26 bits per heavy atom. The summed E-state index contributed by atoms with van der Waals surface area (Å²) in [6, 6.07) is 17.4. The Bertz CT molecular complexity index is 785. The van der Waals surface area contributed by atoms with Crippen molar-refractivity contribution in [3.05, 3.63) is 77.2 Å². The summed E-state index contributed by atoms with van der Waals surface area (Å²) in [6.45, 7) is 3.80. The van der Waals surface area contributed by atoms with Gasteiger partial charge in [-0.25, -0.2) is 4.79 Å². The van der Waals surface area contributed by atoms with Crippen molar-refractivity contribution < 1.29 is 14.1 Å². The van der Waals surface area contributed by atoms with Gasteiger partial charge >= 0.3 is 5.97 Å². The summed E-state index contributed by atoms with van der Waals surface area (Å²) in [6.07, 6.45) is 0. The minimum atomic E-state index is -0.357. The molecule has 3 aromatic rings. The molecule has 0 aliphatic heterocycles. The average Bonchev–Trinajstić information content (AvgIpc) is 2.92. The van der Waals surface area contributed by atoms with Crippen LogP contribution in [0.15, 0.2) is 59.1 Å². The number of benzene rings is 2. The molecule has 4 heteroatoms. The molecular formula is C19H17NO3. The van der Waals surface area contributed by atoms with Crippen LogP contribution in [0.4, 0.5) is 0 Å². The Labute approximate surface area is 134 Å². The van der Waals surface area contributed by atoms with Gasteiger partial charge in [-0.2, -0.15) is 0 Å². The summed E-state index contributed by atoms with van der Waals surface area (Å²) in [5.41, 5.74) is 4.27. The smallest absolute Gasteiger partial charge is 0.338 e. The standard InChI is InChI=1S/C19H17NO3/c1-13-18(14(2)23-20-13)12-22-19(21)17-10-8-16(9-11-17)15-6-4-3-5-7-15/h3-11H,12H2,1-2H3. The second-order valence-corrected chi connectivity index (χ2v) is 5.32. The lowest BCUT2D eigenvalue weighted by molar-refractivity contribution is 0.0471. The number of aromatic nitrogens is 1. The summed E-state index contributed by atoms with van der Waals surface area (Å²) < 4.78 is 10.4. The maximum Gasteiger partial charge on any atom is 0.338 e. The number of nitrogens with zero attached hydrogens (tertiary/aromatic N) is 1. The van der Waals surface area contributed by atoms with Gasteiger partial charge in [-0.15, -0.1) is 0 Å². The predicted octanol–water partition coefficient (Wildman–Crippen LogP) is 4.32. The van der Waals surface area contributed by atoms with Gasteiger partial charge in [0.1, 0.15) is 12.4 Å². The molecule has 1 aromatic heterocycles. The molecule has 0 aliphatic rings. The van der Waals surface area contributed by atoms with E-state index in [2.05, 4.69) is 5.16 Å². The fourth-order valence-corrected chi connectivity index (χ4v) is 2.36. The van der Waals surface area contributed by atoms with E-state index in [-0.39, 0.29) is 12.6 Å². The average molecular weight is 307 g/mol. The predicted molar refractivity (Wildman–Crippen MR) is 87.0 cm³/mol. The van der Waals surface area contributed by atoms with Gasteiger partial charge in [0, 0.05) is 0 Å². The Kier molecular flexibility index (Phi) is 4.24. The molecule has 0 radical (unpaired) electrons. The maximum absolute atomic E-state index is 12.1. The van der Waals surface area contributed by atoms with Crippen LogP contribution in [0.3, 0.4) is 0 Å². The molecule has 0 aliphatic carbocycles. The molecule has 0 fully saturated rings. The van der Waals surface area contributed by atoms with Gasteiger partial charge in [-0.05, 0) is 37.1 Å². The van der Waals surface area contributed by atoms with Crippen molar-refractivity contribution in [1.82, 2.24) is 5.16 Å². The molecule has 0 bridgehead atoms. The molecule has 3 rings (SSSR count). The highest BCUT2D eigenvalue weighted by Gasteiger charge is 2.13. The second-order valence-electron chi connectivity index (χ2n) is 5.32. The first-order chi connectivity index (χ1) is 11.1. The van der Waals surface area contributed by atoms with Crippen LogP contribution in [0, 0.1) is 13.8 Å². The molecule has 4 nitrogen and oxygen atoms in total. The van der Waals surface area contributed by atoms with Gasteiger partial charge in [0.05, 0.1) is 16.8 Å². The summed E-state index contributed by atoms with van der Waals surface area (Å²) >= 11 is 0. The fraction of sp³-hybridized carbons (Fsp3) is 0.158. The number of aryl methyl sites for hydroxylation is 2. The lowest BCUT2D eigenvalue weighted by Gasteiger charge is -2.06. The van der Waals surface area contributed by atoms with Crippen LogP contribution in [-0.2, 0) is 11.3 Å². The van der Waals surface area contributed by atoms with Crippen LogP contribution in [0.2, 0.25) is 0 Å². The first-order valence-electron chi connectivity index (χ1n) is 7.39. The number of hydrogen-bond acceptors (Lipinski definition) is 4. The minimum Gasteiger partial charge on any atom is -0.457 e. The number of carbonyl (C=O) groups is 1. The Morgan fingerprint density at radius 2 is 1.65 bits per heavy atom. The number of carbonyl (C=O) groups excluding carboxylic acids is 1. The molecule has 0 saturated carbocycles. The lowest BCUT2D eigenvalue weighted by atomic mass is 10.0.